The van der Waals surface area contributed by atoms with Crippen molar-refractivity contribution >= 4 is 33.8 Å². The zero-order chi connectivity index (χ0) is 21.0. The van der Waals surface area contributed by atoms with Gasteiger partial charge in [-0.05, 0) is 12.1 Å². The van der Waals surface area contributed by atoms with Crippen LogP contribution in [0.3, 0.4) is 0 Å². The molecule has 0 unspecified atom stereocenters. The number of rotatable bonds is 4. The summed E-state index contributed by atoms with van der Waals surface area (Å²) in [5.41, 5.74) is 2.91. The predicted molar refractivity (Wildman–Crippen MR) is 106 cm³/mol. The summed E-state index contributed by atoms with van der Waals surface area (Å²) in [5.74, 6) is -0.576. The molecule has 3 N–H and O–H groups in total. The molecular weight excluding hydrogens is 379 g/mol. The van der Waals surface area contributed by atoms with E-state index in [2.05, 4.69) is 35.7 Å². The lowest BCUT2D eigenvalue weighted by molar-refractivity contribution is -0.115. The Bertz CT molecular complexity index is 1230. The number of fused-ring (bicyclic) bond motifs is 2. The fraction of sp³-hybridized carbons (Fsp3) is 0.222. The first-order valence-corrected chi connectivity index (χ1v) is 8.90. The fourth-order valence-electron chi connectivity index (χ4n) is 2.69. The highest BCUT2D eigenvalue weighted by atomic mass is 19.1. The van der Waals surface area contributed by atoms with E-state index in [0.29, 0.717) is 17.0 Å². The van der Waals surface area contributed by atoms with Crippen LogP contribution in [0.1, 0.15) is 26.6 Å². The lowest BCUT2D eigenvalue weighted by atomic mass is 10.2. The topological polar surface area (TPSA) is 130 Å². The van der Waals surface area contributed by atoms with Crippen LogP contribution in [0.2, 0.25) is 0 Å². The molecule has 3 aromatic heterocycles. The van der Waals surface area contributed by atoms with E-state index in [1.807, 2.05) is 13.8 Å². The van der Waals surface area contributed by atoms with E-state index < -0.39 is 17.3 Å². The Balaban J connectivity index is 0.00000117. The summed E-state index contributed by atoms with van der Waals surface area (Å²) < 4.78 is 15.0. The van der Waals surface area contributed by atoms with Crippen molar-refractivity contribution in [2.45, 2.75) is 27.3 Å². The summed E-state index contributed by atoms with van der Waals surface area (Å²) in [7, 11) is 0. The van der Waals surface area contributed by atoms with Crippen molar-refractivity contribution < 1.29 is 9.18 Å². The number of benzene rings is 1. The number of hydrogen-bond acceptors (Lipinski definition) is 7. The number of aromatic nitrogens is 6. The van der Waals surface area contributed by atoms with Gasteiger partial charge in [-0.25, -0.2) is 29.0 Å². The molecular formula is C18H19FN8O2. The van der Waals surface area contributed by atoms with Gasteiger partial charge < -0.3 is 10.3 Å². The third-order valence-corrected chi connectivity index (χ3v) is 3.82. The number of imidazole rings is 1. The van der Waals surface area contributed by atoms with Crippen LogP contribution in [0.5, 0.6) is 0 Å². The van der Waals surface area contributed by atoms with Gasteiger partial charge in [0.2, 0.25) is 5.91 Å². The summed E-state index contributed by atoms with van der Waals surface area (Å²) in [6, 6.07) is 4.15. The number of aromatic amines is 1. The van der Waals surface area contributed by atoms with Crippen molar-refractivity contribution in [2.75, 3.05) is 10.7 Å². The number of nitrogens with zero attached hydrogens (tertiary/aromatic N) is 5. The van der Waals surface area contributed by atoms with Crippen LogP contribution in [-0.4, -0.2) is 35.5 Å². The normalized spacial score (nSPS) is 10.5. The Kier molecular flexibility index (Phi) is 5.77. The molecule has 11 heteroatoms. The minimum absolute atomic E-state index is 0.0348. The number of carbonyl (C=O) groups excluding carboxylic acids is 1. The van der Waals surface area contributed by atoms with E-state index in [0.717, 1.165) is 10.7 Å². The van der Waals surface area contributed by atoms with E-state index >= 15 is 0 Å². The van der Waals surface area contributed by atoms with Crippen molar-refractivity contribution in [3.05, 3.63) is 52.8 Å². The second-order valence-corrected chi connectivity index (χ2v) is 5.65. The summed E-state index contributed by atoms with van der Waals surface area (Å²) >= 11 is 0. The number of amides is 1. The third kappa shape index (κ3) is 3.88. The van der Waals surface area contributed by atoms with Gasteiger partial charge >= 0.3 is 0 Å². The highest BCUT2D eigenvalue weighted by molar-refractivity contribution is 5.83. The van der Waals surface area contributed by atoms with Gasteiger partial charge in [-0.15, -0.1) is 0 Å². The maximum atomic E-state index is 14.1. The number of hydrogen-bond donors (Lipinski definition) is 3. The maximum Gasteiger partial charge on any atom is 0.283 e. The largest absolute Gasteiger partial charge is 0.361 e. The number of H-pyrrole nitrogens is 1. The predicted octanol–water partition coefficient (Wildman–Crippen LogP) is 1.93. The quantitative estimate of drug-likeness (QED) is 0.479. The van der Waals surface area contributed by atoms with Crippen LogP contribution in [-0.2, 0) is 11.3 Å². The molecule has 0 radical (unpaired) electrons. The van der Waals surface area contributed by atoms with Crippen LogP contribution < -0.4 is 16.3 Å². The summed E-state index contributed by atoms with van der Waals surface area (Å²) in [5, 5.41) is 2.82. The molecule has 3 heterocycles. The minimum atomic E-state index is -0.710. The molecule has 0 saturated heterocycles. The Morgan fingerprint density at radius 2 is 2.03 bits per heavy atom. The average molecular weight is 398 g/mol. The minimum Gasteiger partial charge on any atom is -0.361 e. The van der Waals surface area contributed by atoms with Gasteiger partial charge in [0.25, 0.3) is 5.56 Å². The number of anilines is 1. The van der Waals surface area contributed by atoms with Crippen LogP contribution in [0.4, 0.5) is 10.2 Å². The molecule has 0 aliphatic heterocycles. The molecule has 10 nitrogen and oxygen atoms in total. The van der Waals surface area contributed by atoms with E-state index in [1.54, 1.807) is 0 Å². The van der Waals surface area contributed by atoms with Crippen molar-refractivity contribution in [3.8, 4) is 0 Å². The Labute approximate surface area is 164 Å². The molecule has 1 amide bonds. The van der Waals surface area contributed by atoms with Gasteiger partial charge in [0.05, 0.1) is 18.4 Å². The van der Waals surface area contributed by atoms with E-state index in [9.17, 15) is 14.0 Å². The van der Waals surface area contributed by atoms with Gasteiger partial charge in [-0.2, -0.15) is 0 Å². The standard InChI is InChI=1S/C16H13FN8O2.C2H6/c1-8(26)24-25-11(23-10-4-2-3-9(17)12(10)16(25)27)5-18-14-13-15(20-6-19-13)22-7-21-14;1-2/h2-4,6-7H,5H2,1H3,(H,24,26)(H2,18,19,20,21,22);1-2H3. The van der Waals surface area contributed by atoms with E-state index in [1.165, 1.54) is 31.7 Å². The highest BCUT2D eigenvalue weighted by Gasteiger charge is 2.16. The molecule has 0 aliphatic carbocycles. The van der Waals surface area contributed by atoms with Crippen LogP contribution >= 0.6 is 0 Å². The average Bonchev–Trinajstić information content (AvgIpc) is 3.19. The first-order chi connectivity index (χ1) is 14.0. The lowest BCUT2D eigenvalue weighted by Crippen LogP contribution is -2.36. The monoisotopic (exact) mass is 398 g/mol. The molecule has 150 valence electrons. The molecule has 0 atom stereocenters. The second-order valence-electron chi connectivity index (χ2n) is 5.65. The summed E-state index contributed by atoms with van der Waals surface area (Å²) in [6.07, 6.45) is 2.82. The smallest absolute Gasteiger partial charge is 0.283 e. The lowest BCUT2D eigenvalue weighted by Gasteiger charge is -2.14. The van der Waals surface area contributed by atoms with Crippen LogP contribution in [0.25, 0.3) is 22.1 Å². The first kappa shape index (κ1) is 19.9. The maximum absolute atomic E-state index is 14.1. The molecule has 0 fully saturated rings. The molecule has 29 heavy (non-hydrogen) atoms. The molecule has 0 spiro atoms. The SMILES string of the molecule is CC.CC(=O)Nn1c(CNc2ncnc3nc[nH]c23)nc2cccc(F)c2c1=O. The van der Waals surface area contributed by atoms with Gasteiger partial charge in [0.1, 0.15) is 23.0 Å². The summed E-state index contributed by atoms with van der Waals surface area (Å²) in [6.45, 7) is 5.28. The van der Waals surface area contributed by atoms with Crippen molar-refractivity contribution in [1.82, 2.24) is 29.6 Å². The molecule has 0 saturated carbocycles. The van der Waals surface area contributed by atoms with Crippen LogP contribution in [0, 0.1) is 5.82 Å². The van der Waals surface area contributed by atoms with Gasteiger partial charge in [0.15, 0.2) is 17.3 Å². The molecule has 0 aliphatic rings. The Morgan fingerprint density at radius 1 is 1.24 bits per heavy atom. The molecule has 4 aromatic rings. The fourth-order valence-corrected chi connectivity index (χ4v) is 2.69. The zero-order valence-electron chi connectivity index (χ0n) is 16.0. The molecule has 0 bridgehead atoms. The van der Waals surface area contributed by atoms with Gasteiger partial charge in [-0.1, -0.05) is 19.9 Å². The second kappa shape index (κ2) is 8.42. The van der Waals surface area contributed by atoms with Crippen molar-refractivity contribution in [3.63, 3.8) is 0 Å². The van der Waals surface area contributed by atoms with Crippen molar-refractivity contribution in [2.24, 2.45) is 0 Å². The number of carbonyl (C=O) groups is 1. The van der Waals surface area contributed by atoms with Gasteiger partial charge in [-0.3, -0.25) is 15.0 Å². The van der Waals surface area contributed by atoms with Crippen molar-refractivity contribution in [1.29, 1.82) is 0 Å². The van der Waals surface area contributed by atoms with Gasteiger partial charge in [0, 0.05) is 6.92 Å². The first-order valence-electron chi connectivity index (χ1n) is 8.90. The summed E-state index contributed by atoms with van der Waals surface area (Å²) in [4.78, 5) is 43.6. The van der Waals surface area contributed by atoms with E-state index in [4.69, 9.17) is 0 Å². The molecule has 1 aromatic carbocycles. The highest BCUT2D eigenvalue weighted by Crippen LogP contribution is 2.16. The Morgan fingerprint density at radius 3 is 2.79 bits per heavy atom. The number of halogens is 1. The third-order valence-electron chi connectivity index (χ3n) is 3.82. The zero-order valence-corrected chi connectivity index (χ0v) is 16.0. The number of nitrogens with one attached hydrogen (secondary N) is 3. The van der Waals surface area contributed by atoms with Crippen LogP contribution in [0.15, 0.2) is 35.6 Å². The Hall–Kier alpha value is -3.89. The molecule has 4 rings (SSSR count). The van der Waals surface area contributed by atoms with E-state index in [-0.39, 0.29) is 23.3 Å².